The summed E-state index contributed by atoms with van der Waals surface area (Å²) in [6.45, 7) is 12.0. The smallest absolute Gasteiger partial charge is 0.312 e. The number of carbonyl (C=O) groups excluding carboxylic acids is 3. The second-order valence-electron chi connectivity index (χ2n) is 10.3. The van der Waals surface area contributed by atoms with Gasteiger partial charge in [0.15, 0.2) is 0 Å². The van der Waals surface area contributed by atoms with Gasteiger partial charge in [0.25, 0.3) is 5.91 Å². The van der Waals surface area contributed by atoms with E-state index in [0.29, 0.717) is 25.7 Å². The lowest BCUT2D eigenvalue weighted by Gasteiger charge is -2.37. The molecule has 1 aromatic rings. The predicted octanol–water partition coefficient (Wildman–Crippen LogP) is 3.09. The molecule has 3 heterocycles. The number of anilines is 1. The van der Waals surface area contributed by atoms with E-state index in [0.717, 1.165) is 23.2 Å². The van der Waals surface area contributed by atoms with Crippen LogP contribution in [0.1, 0.15) is 43.2 Å². The molecule has 8 nitrogen and oxygen atoms in total. The van der Waals surface area contributed by atoms with Crippen LogP contribution >= 0.6 is 0 Å². The van der Waals surface area contributed by atoms with Gasteiger partial charge in [0.05, 0.1) is 24.5 Å². The quantitative estimate of drug-likeness (QED) is 0.264. The highest BCUT2D eigenvalue weighted by atomic mass is 16.6. The molecule has 2 amide bonds. The van der Waals surface area contributed by atoms with E-state index < -0.39 is 35.6 Å². The Balaban J connectivity index is 1.70. The minimum absolute atomic E-state index is 0.117. The average Bonchev–Trinajstić information content (AvgIpc) is 3.52. The second kappa shape index (κ2) is 11.2. The van der Waals surface area contributed by atoms with Crippen LogP contribution in [-0.2, 0) is 23.9 Å². The number of nitrogens with zero attached hydrogens (tertiary/aromatic N) is 2. The fourth-order valence-corrected chi connectivity index (χ4v) is 6.27. The van der Waals surface area contributed by atoms with Crippen LogP contribution in [0.15, 0.2) is 43.5 Å². The van der Waals surface area contributed by atoms with Gasteiger partial charge in [-0.15, -0.1) is 13.2 Å². The first kappa shape index (κ1) is 27.1. The standard InChI is InChI=1S/C29H38N2O6/c1-5-7-8-17-36-28(35)23-22-12-13-29(37-22)24(23)26(33)31(15-9-16-32)25(29)27(34)30(14-6-2)21-18-19(3)10-11-20(21)4/h5-6,10-11,18,22-25,32H,1-2,7-9,12-17H2,3-4H3/t22-,23+,24+,25?,29?/m1/s1. The van der Waals surface area contributed by atoms with Crippen molar-refractivity contribution in [2.24, 2.45) is 11.8 Å². The van der Waals surface area contributed by atoms with Gasteiger partial charge >= 0.3 is 5.97 Å². The number of hydrogen-bond acceptors (Lipinski definition) is 6. The lowest BCUT2D eigenvalue weighted by molar-refractivity contribution is -0.155. The molecule has 2 unspecified atom stereocenters. The number of unbranched alkanes of at least 4 members (excludes halogenated alkanes) is 1. The molecule has 0 radical (unpaired) electrons. The summed E-state index contributed by atoms with van der Waals surface area (Å²) in [5.74, 6) is -2.51. The molecule has 0 aliphatic carbocycles. The number of allylic oxidation sites excluding steroid dienone is 1. The second-order valence-corrected chi connectivity index (χ2v) is 10.3. The number of hydrogen-bond donors (Lipinski definition) is 1. The number of aliphatic hydroxyl groups excluding tert-OH is 1. The number of benzene rings is 1. The van der Waals surface area contributed by atoms with Gasteiger partial charge in [0.2, 0.25) is 5.91 Å². The monoisotopic (exact) mass is 510 g/mol. The lowest BCUT2D eigenvalue weighted by Crippen LogP contribution is -2.56. The van der Waals surface area contributed by atoms with Crippen LogP contribution in [0.4, 0.5) is 5.69 Å². The van der Waals surface area contributed by atoms with Crippen molar-refractivity contribution in [3.63, 3.8) is 0 Å². The van der Waals surface area contributed by atoms with Crippen molar-refractivity contribution < 1.29 is 29.0 Å². The van der Waals surface area contributed by atoms with Gasteiger partial charge in [0, 0.05) is 25.4 Å². The first-order valence-electron chi connectivity index (χ1n) is 13.2. The van der Waals surface area contributed by atoms with Gasteiger partial charge in [-0.05, 0) is 63.1 Å². The summed E-state index contributed by atoms with van der Waals surface area (Å²) in [7, 11) is 0. The molecule has 1 aromatic carbocycles. The maximum atomic E-state index is 14.4. The first-order valence-corrected chi connectivity index (χ1v) is 13.2. The Bertz CT molecular complexity index is 1070. The number of carbonyl (C=O) groups is 3. The third-order valence-corrected chi connectivity index (χ3v) is 7.89. The van der Waals surface area contributed by atoms with Crippen molar-refractivity contribution >= 4 is 23.5 Å². The van der Waals surface area contributed by atoms with Crippen LogP contribution in [0.3, 0.4) is 0 Å². The molecule has 3 aliphatic rings. The van der Waals surface area contributed by atoms with Gasteiger partial charge in [-0.3, -0.25) is 14.4 Å². The molecule has 3 aliphatic heterocycles. The Kier molecular flexibility index (Phi) is 8.19. The Morgan fingerprint density at radius 2 is 2.05 bits per heavy atom. The molecule has 1 N–H and O–H groups in total. The third kappa shape index (κ3) is 4.73. The molecule has 5 atom stereocenters. The topological polar surface area (TPSA) is 96.4 Å². The van der Waals surface area contributed by atoms with E-state index in [-0.39, 0.29) is 38.1 Å². The highest BCUT2D eigenvalue weighted by molar-refractivity contribution is 6.05. The highest BCUT2D eigenvalue weighted by Crippen LogP contribution is 2.59. The van der Waals surface area contributed by atoms with Gasteiger partial charge in [-0.25, -0.2) is 0 Å². The highest BCUT2D eigenvalue weighted by Gasteiger charge is 2.75. The zero-order chi connectivity index (χ0) is 26.7. The fourth-order valence-electron chi connectivity index (χ4n) is 6.27. The van der Waals surface area contributed by atoms with Crippen molar-refractivity contribution in [3.8, 4) is 0 Å². The van der Waals surface area contributed by atoms with E-state index in [1.54, 1.807) is 17.1 Å². The van der Waals surface area contributed by atoms with Gasteiger partial charge in [-0.2, -0.15) is 0 Å². The normalized spacial score (nSPS) is 27.8. The molecule has 2 bridgehead atoms. The summed E-state index contributed by atoms with van der Waals surface area (Å²) in [5.41, 5.74) is 1.59. The summed E-state index contributed by atoms with van der Waals surface area (Å²) in [6, 6.07) is 5.01. The molecule has 0 saturated carbocycles. The van der Waals surface area contributed by atoms with Crippen LogP contribution < -0.4 is 4.90 Å². The van der Waals surface area contributed by atoms with Crippen LogP contribution in [0.5, 0.6) is 0 Å². The van der Waals surface area contributed by atoms with Crippen molar-refractivity contribution in [1.82, 2.24) is 4.90 Å². The molecule has 200 valence electrons. The van der Waals surface area contributed by atoms with E-state index in [4.69, 9.17) is 9.47 Å². The van der Waals surface area contributed by atoms with Gasteiger partial charge < -0.3 is 24.4 Å². The number of aryl methyl sites for hydroxylation is 2. The molecule has 3 saturated heterocycles. The van der Waals surface area contributed by atoms with Crippen LogP contribution in [-0.4, -0.2) is 71.8 Å². The van der Waals surface area contributed by atoms with Crippen molar-refractivity contribution in [3.05, 3.63) is 54.6 Å². The molecule has 1 spiro atoms. The minimum atomic E-state index is -1.10. The predicted molar refractivity (Wildman–Crippen MR) is 140 cm³/mol. The summed E-state index contributed by atoms with van der Waals surface area (Å²) < 4.78 is 12.0. The van der Waals surface area contributed by atoms with Gasteiger partial charge in [-0.1, -0.05) is 24.3 Å². The van der Waals surface area contributed by atoms with E-state index in [9.17, 15) is 19.5 Å². The lowest BCUT2D eigenvalue weighted by atomic mass is 9.70. The zero-order valence-electron chi connectivity index (χ0n) is 21.9. The summed E-state index contributed by atoms with van der Waals surface area (Å²) >= 11 is 0. The fraction of sp³-hybridized carbons (Fsp3) is 0.552. The molecular weight excluding hydrogens is 472 g/mol. The Morgan fingerprint density at radius 1 is 1.27 bits per heavy atom. The van der Waals surface area contributed by atoms with E-state index in [1.807, 2.05) is 32.0 Å². The molecule has 0 aromatic heterocycles. The van der Waals surface area contributed by atoms with Crippen molar-refractivity contribution in [2.75, 3.05) is 31.2 Å². The van der Waals surface area contributed by atoms with Gasteiger partial charge in [0.1, 0.15) is 11.6 Å². The maximum Gasteiger partial charge on any atom is 0.312 e. The van der Waals surface area contributed by atoms with Crippen LogP contribution in [0, 0.1) is 25.7 Å². The molecular formula is C29H38N2O6. The van der Waals surface area contributed by atoms with Crippen LogP contribution in [0.2, 0.25) is 0 Å². The van der Waals surface area contributed by atoms with E-state index in [2.05, 4.69) is 13.2 Å². The van der Waals surface area contributed by atoms with E-state index in [1.165, 1.54) is 4.90 Å². The summed E-state index contributed by atoms with van der Waals surface area (Å²) in [4.78, 5) is 44.6. The maximum absolute atomic E-state index is 14.4. The number of aliphatic hydroxyl groups is 1. The Labute approximate surface area is 218 Å². The largest absolute Gasteiger partial charge is 0.465 e. The number of fused-ring (bicyclic) bond motifs is 1. The minimum Gasteiger partial charge on any atom is -0.465 e. The summed E-state index contributed by atoms with van der Waals surface area (Å²) in [5, 5.41) is 9.53. The SMILES string of the molecule is C=CCCCOC(=O)[C@@H]1[C@H]2C(=O)N(CCCO)C(C(=O)N(CC=C)c3cc(C)ccc3C)C23CC[C@H]1O3. The molecule has 4 rings (SSSR count). The number of rotatable bonds is 12. The number of ether oxygens (including phenoxy) is 2. The molecule has 37 heavy (non-hydrogen) atoms. The average molecular weight is 511 g/mol. The molecule has 3 fully saturated rings. The third-order valence-electron chi connectivity index (χ3n) is 7.89. The Hall–Kier alpha value is -2.97. The van der Waals surface area contributed by atoms with E-state index >= 15 is 0 Å². The van der Waals surface area contributed by atoms with Crippen molar-refractivity contribution in [1.29, 1.82) is 0 Å². The Morgan fingerprint density at radius 3 is 2.76 bits per heavy atom. The zero-order valence-corrected chi connectivity index (χ0v) is 21.9. The summed E-state index contributed by atoms with van der Waals surface area (Å²) in [6.07, 6.45) is 5.78. The number of likely N-dealkylation sites (tertiary alicyclic amines) is 1. The number of amides is 2. The number of esters is 1. The van der Waals surface area contributed by atoms with Crippen LogP contribution in [0.25, 0.3) is 0 Å². The van der Waals surface area contributed by atoms with Crippen molar-refractivity contribution in [2.45, 2.75) is 63.7 Å². The first-order chi connectivity index (χ1) is 17.8. The molecule has 8 heteroatoms.